The summed E-state index contributed by atoms with van der Waals surface area (Å²) >= 11 is 1.12. The van der Waals surface area contributed by atoms with Crippen molar-refractivity contribution in [2.75, 3.05) is 17.3 Å². The summed E-state index contributed by atoms with van der Waals surface area (Å²) in [5, 5.41) is 12.4. The molecule has 2 atom stereocenters. The van der Waals surface area contributed by atoms with E-state index < -0.39 is 5.97 Å². The molecule has 0 bridgehead atoms. The van der Waals surface area contributed by atoms with Crippen LogP contribution in [0.2, 0.25) is 0 Å². The number of amides is 1. The summed E-state index contributed by atoms with van der Waals surface area (Å²) in [6.45, 7) is 10.7. The van der Waals surface area contributed by atoms with Gasteiger partial charge in [-0.3, -0.25) is 9.78 Å². The fraction of sp³-hybridized carbons (Fsp3) is 0.625. The Kier molecular flexibility index (Phi) is 14.3. The fourth-order valence-electron chi connectivity index (χ4n) is 4.82. The fourth-order valence-corrected chi connectivity index (χ4v) is 5.67. The van der Waals surface area contributed by atoms with Crippen molar-refractivity contribution >= 4 is 35.2 Å². The quantitative estimate of drug-likeness (QED) is 0.201. The molecule has 4 N–H and O–H groups in total. The van der Waals surface area contributed by atoms with E-state index in [0.29, 0.717) is 10.6 Å². The molecule has 2 saturated carbocycles. The molecule has 9 heteroatoms. The molecule has 0 radical (unpaired) electrons. The van der Waals surface area contributed by atoms with E-state index in [9.17, 15) is 14.7 Å². The molecule has 2 aromatic heterocycles. The van der Waals surface area contributed by atoms with Crippen LogP contribution in [0.4, 0.5) is 11.5 Å². The molecule has 41 heavy (non-hydrogen) atoms. The van der Waals surface area contributed by atoms with E-state index in [1.54, 1.807) is 29.6 Å². The highest BCUT2D eigenvalue weighted by Gasteiger charge is 2.27. The Labute approximate surface area is 250 Å². The number of aromatic nitrogens is 2. The first-order valence-corrected chi connectivity index (χ1v) is 15.6. The molecule has 2 heterocycles. The Morgan fingerprint density at radius 2 is 1.76 bits per heavy atom. The molecule has 2 fully saturated rings. The van der Waals surface area contributed by atoms with Crippen LogP contribution in [0.5, 0.6) is 0 Å². The highest BCUT2D eigenvalue weighted by Crippen LogP contribution is 2.34. The van der Waals surface area contributed by atoms with Gasteiger partial charge in [0, 0.05) is 36.9 Å². The highest BCUT2D eigenvalue weighted by atomic mass is 32.1. The number of carbonyl (C=O) groups excluding carboxylic acids is 1. The molecule has 4 rings (SSSR count). The second-order valence-corrected chi connectivity index (χ2v) is 13.3. The molecule has 2 unspecified atom stereocenters. The molecule has 0 aromatic carbocycles. The summed E-state index contributed by atoms with van der Waals surface area (Å²) in [4.78, 5) is 33.6. The SMILES string of the molecule is CC(C)(C)C#Cc1cc(N(C=O)C2CCCC(N)CC2)c(C(=O)O)s1.CC1CCC(C)CC1.CNc1cnccn1. The van der Waals surface area contributed by atoms with Crippen LogP contribution in [0.3, 0.4) is 0 Å². The number of carbonyl (C=O) groups is 2. The third-order valence-corrected chi connectivity index (χ3v) is 8.39. The Morgan fingerprint density at radius 1 is 1.10 bits per heavy atom. The van der Waals surface area contributed by atoms with Crippen molar-refractivity contribution < 1.29 is 14.7 Å². The smallest absolute Gasteiger partial charge is 0.348 e. The van der Waals surface area contributed by atoms with E-state index in [1.807, 2.05) is 27.8 Å². The standard InChI is InChI=1S/C19H26N2O3S.C8H16.C5H7N3/c1-19(2,3)10-9-15-11-16(17(25-15)18(23)24)21(12-22)14-6-4-5-13(20)7-8-14;1-7-3-5-8(2)6-4-7;1-6-5-4-7-2-3-8-5/h11-14H,4-8,20H2,1-3H3,(H,23,24);7-8H,3-6H2,1-2H3;2-4H,1H3,(H,6,8). The summed E-state index contributed by atoms with van der Waals surface area (Å²) in [7, 11) is 1.81. The largest absolute Gasteiger partial charge is 0.477 e. The molecule has 8 nitrogen and oxygen atoms in total. The maximum Gasteiger partial charge on any atom is 0.348 e. The topological polar surface area (TPSA) is 121 Å². The van der Waals surface area contributed by atoms with Crippen molar-refractivity contribution in [3.8, 4) is 11.8 Å². The zero-order valence-corrected chi connectivity index (χ0v) is 26.5. The van der Waals surface area contributed by atoms with Crippen molar-refractivity contribution in [1.29, 1.82) is 0 Å². The lowest BCUT2D eigenvalue weighted by Crippen LogP contribution is -2.34. The first kappa shape index (κ1) is 34.2. The number of rotatable bonds is 5. The lowest BCUT2D eigenvalue weighted by Gasteiger charge is -2.27. The summed E-state index contributed by atoms with van der Waals surface area (Å²) in [5.41, 5.74) is 6.30. The van der Waals surface area contributed by atoms with Crippen LogP contribution >= 0.6 is 11.3 Å². The zero-order chi connectivity index (χ0) is 30.4. The van der Waals surface area contributed by atoms with Gasteiger partial charge in [-0.2, -0.15) is 0 Å². The van der Waals surface area contributed by atoms with Gasteiger partial charge in [-0.25, -0.2) is 9.78 Å². The third-order valence-electron chi connectivity index (χ3n) is 7.36. The van der Waals surface area contributed by atoms with Gasteiger partial charge in [-0.05, 0) is 70.8 Å². The van der Waals surface area contributed by atoms with Crippen molar-refractivity contribution in [3.05, 3.63) is 34.4 Å². The Balaban J connectivity index is 0.000000295. The number of nitrogens with one attached hydrogen (secondary N) is 1. The normalized spacial score (nSPS) is 22.2. The predicted molar refractivity (Wildman–Crippen MR) is 169 cm³/mol. The molecule has 2 aromatic rings. The van der Waals surface area contributed by atoms with Gasteiger partial charge in [-0.1, -0.05) is 51.4 Å². The van der Waals surface area contributed by atoms with E-state index in [1.165, 1.54) is 25.7 Å². The Bertz CT molecular complexity index is 1120. The van der Waals surface area contributed by atoms with Gasteiger partial charge in [-0.15, -0.1) is 11.3 Å². The highest BCUT2D eigenvalue weighted by molar-refractivity contribution is 7.15. The number of aromatic carboxylic acids is 1. The number of carboxylic acids is 1. The zero-order valence-electron chi connectivity index (χ0n) is 25.7. The van der Waals surface area contributed by atoms with Gasteiger partial charge in [0.05, 0.1) is 16.8 Å². The summed E-state index contributed by atoms with van der Waals surface area (Å²) in [6.07, 6.45) is 16.0. The number of carboxylic acid groups (broad SMARTS) is 1. The van der Waals surface area contributed by atoms with Gasteiger partial charge < -0.3 is 21.1 Å². The Morgan fingerprint density at radius 3 is 2.24 bits per heavy atom. The van der Waals surface area contributed by atoms with Crippen LogP contribution in [-0.4, -0.2) is 46.6 Å². The van der Waals surface area contributed by atoms with Gasteiger partial charge in [0.2, 0.25) is 6.41 Å². The first-order valence-electron chi connectivity index (χ1n) is 14.8. The van der Waals surface area contributed by atoms with E-state index >= 15 is 0 Å². The van der Waals surface area contributed by atoms with Crippen LogP contribution in [0.1, 0.15) is 107 Å². The molecule has 1 amide bonds. The molecule has 0 spiro atoms. The minimum absolute atomic E-state index is 0.0119. The van der Waals surface area contributed by atoms with Gasteiger partial charge in [0.1, 0.15) is 10.7 Å². The van der Waals surface area contributed by atoms with E-state index in [0.717, 1.165) is 67.5 Å². The van der Waals surface area contributed by atoms with Crippen LogP contribution in [0.25, 0.3) is 0 Å². The molecule has 0 saturated heterocycles. The number of thiophene rings is 1. The lowest BCUT2D eigenvalue weighted by molar-refractivity contribution is -0.107. The van der Waals surface area contributed by atoms with Gasteiger partial charge in [0.25, 0.3) is 0 Å². The summed E-state index contributed by atoms with van der Waals surface area (Å²) in [5.74, 6) is 7.97. The van der Waals surface area contributed by atoms with E-state index in [2.05, 4.69) is 41.0 Å². The van der Waals surface area contributed by atoms with Crippen LogP contribution in [0, 0.1) is 29.1 Å². The van der Waals surface area contributed by atoms with Crippen molar-refractivity contribution in [1.82, 2.24) is 9.97 Å². The van der Waals surface area contributed by atoms with Crippen molar-refractivity contribution in [2.24, 2.45) is 23.0 Å². The van der Waals surface area contributed by atoms with Gasteiger partial charge >= 0.3 is 5.97 Å². The van der Waals surface area contributed by atoms with E-state index in [-0.39, 0.29) is 22.4 Å². The maximum atomic E-state index is 11.8. The number of anilines is 2. The lowest BCUT2D eigenvalue weighted by atomic mass is 9.84. The van der Waals surface area contributed by atoms with Crippen molar-refractivity contribution in [3.63, 3.8) is 0 Å². The third kappa shape index (κ3) is 12.6. The minimum Gasteiger partial charge on any atom is -0.477 e. The molecule has 2 aliphatic carbocycles. The summed E-state index contributed by atoms with van der Waals surface area (Å²) in [6, 6.07) is 1.88. The second kappa shape index (κ2) is 17.1. The van der Waals surface area contributed by atoms with Crippen LogP contribution < -0.4 is 16.0 Å². The minimum atomic E-state index is -1.03. The number of hydrogen-bond donors (Lipinski definition) is 3. The molecular weight excluding hydrogens is 534 g/mol. The molecule has 226 valence electrons. The maximum absolute atomic E-state index is 11.8. The second-order valence-electron chi connectivity index (χ2n) is 12.3. The number of hydrogen-bond acceptors (Lipinski definition) is 7. The average Bonchev–Trinajstić information content (AvgIpc) is 3.26. The summed E-state index contributed by atoms with van der Waals surface area (Å²) < 4.78 is 0. The van der Waals surface area contributed by atoms with Gasteiger partial charge in [0.15, 0.2) is 0 Å². The average molecular weight is 584 g/mol. The Hall–Kier alpha value is -2.96. The first-order chi connectivity index (χ1) is 19.4. The number of nitrogens with two attached hydrogens (primary N) is 1. The van der Waals surface area contributed by atoms with Crippen LogP contribution in [0.15, 0.2) is 24.7 Å². The van der Waals surface area contributed by atoms with Crippen molar-refractivity contribution in [2.45, 2.75) is 104 Å². The van der Waals surface area contributed by atoms with Crippen LogP contribution in [-0.2, 0) is 4.79 Å². The molecule has 0 aliphatic heterocycles. The predicted octanol–water partition coefficient (Wildman–Crippen LogP) is 6.82. The monoisotopic (exact) mass is 583 g/mol. The molecule has 2 aliphatic rings. The molecular formula is C32H49N5O3S. The number of nitrogens with zero attached hydrogens (tertiary/aromatic N) is 3. The van der Waals surface area contributed by atoms with E-state index in [4.69, 9.17) is 5.73 Å².